The number of halogens is 1. The largest absolute Gasteiger partial charge is 0.467 e. The van der Waals surface area contributed by atoms with Crippen LogP contribution in [0.15, 0.2) is 18.2 Å². The van der Waals surface area contributed by atoms with Gasteiger partial charge in [-0.2, -0.15) is 15.0 Å². The number of aromatic nitrogens is 3. The molecule has 0 spiro atoms. The van der Waals surface area contributed by atoms with Crippen LogP contribution in [-0.2, 0) is 4.74 Å². The van der Waals surface area contributed by atoms with Crippen molar-refractivity contribution < 1.29 is 18.7 Å². The first-order valence-corrected chi connectivity index (χ1v) is 7.60. The van der Waals surface area contributed by atoms with Gasteiger partial charge in [0.15, 0.2) is 0 Å². The number of nitrogens with zero attached hydrogens (tertiary/aromatic N) is 4. The van der Waals surface area contributed by atoms with Gasteiger partial charge in [-0.1, -0.05) is 6.92 Å². The number of nitrogen functional groups attached to an aromatic ring is 1. The number of amides is 1. The smallest absolute Gasteiger partial charge is 0.414 e. The lowest BCUT2D eigenvalue weighted by molar-refractivity contribution is 0.139. The molecule has 1 saturated heterocycles. The molecule has 2 aromatic rings. The van der Waals surface area contributed by atoms with Crippen molar-refractivity contribution in [3.63, 3.8) is 0 Å². The van der Waals surface area contributed by atoms with E-state index in [1.54, 1.807) is 6.07 Å². The van der Waals surface area contributed by atoms with Crippen LogP contribution in [-0.4, -0.2) is 40.8 Å². The van der Waals surface area contributed by atoms with E-state index < -0.39 is 11.9 Å². The summed E-state index contributed by atoms with van der Waals surface area (Å²) in [6, 6.07) is 4.33. The van der Waals surface area contributed by atoms with Crippen molar-refractivity contribution >= 4 is 29.4 Å². The fourth-order valence-electron chi connectivity index (χ4n) is 2.36. The van der Waals surface area contributed by atoms with E-state index >= 15 is 0 Å². The van der Waals surface area contributed by atoms with E-state index in [2.05, 4.69) is 20.3 Å². The van der Waals surface area contributed by atoms with E-state index in [1.807, 2.05) is 6.92 Å². The first-order valence-electron chi connectivity index (χ1n) is 7.60. The van der Waals surface area contributed by atoms with Crippen molar-refractivity contribution in [2.75, 3.05) is 29.6 Å². The molecule has 9 nitrogen and oxygen atoms in total. The molecule has 3 N–H and O–H groups in total. The number of anilines is 4. The normalized spacial score (nSPS) is 16.7. The molecule has 25 heavy (non-hydrogen) atoms. The van der Waals surface area contributed by atoms with Gasteiger partial charge in [-0.15, -0.1) is 0 Å². The predicted molar refractivity (Wildman–Crippen MR) is 88.4 cm³/mol. The van der Waals surface area contributed by atoms with Gasteiger partial charge in [0.25, 0.3) is 0 Å². The molecule has 3 rings (SSSR count). The van der Waals surface area contributed by atoms with Crippen molar-refractivity contribution in [3.05, 3.63) is 24.0 Å². The molecule has 1 amide bonds. The van der Waals surface area contributed by atoms with E-state index in [-0.39, 0.29) is 29.7 Å². The second-order valence-electron chi connectivity index (χ2n) is 5.32. The van der Waals surface area contributed by atoms with Crippen LogP contribution >= 0.6 is 0 Å². The highest BCUT2D eigenvalue weighted by molar-refractivity contribution is 5.90. The standard InChI is InChI=1S/C15H17FN6O3/c1-3-9-7-22(15(23)25-9)8-4-5-11(10(16)6-8)18-13-19-12(17)20-14(21-13)24-2/h4-6,9H,3,7H2,1-2H3,(H3,17,18,19,20,21)/t9-/m0/s1. The van der Waals surface area contributed by atoms with Gasteiger partial charge in [0.1, 0.15) is 11.9 Å². The number of benzene rings is 1. The van der Waals surface area contributed by atoms with E-state index in [0.29, 0.717) is 18.7 Å². The minimum Gasteiger partial charge on any atom is -0.467 e. The topological polar surface area (TPSA) is 115 Å². The zero-order valence-corrected chi connectivity index (χ0v) is 13.7. The van der Waals surface area contributed by atoms with Crippen molar-refractivity contribution in [2.45, 2.75) is 19.4 Å². The Morgan fingerprint density at radius 2 is 2.24 bits per heavy atom. The van der Waals surface area contributed by atoms with E-state index in [4.69, 9.17) is 15.2 Å². The molecule has 0 bridgehead atoms. The Labute approximate surface area is 143 Å². The third-order valence-corrected chi connectivity index (χ3v) is 3.66. The molecule has 1 aliphatic heterocycles. The zero-order chi connectivity index (χ0) is 18.0. The van der Waals surface area contributed by atoms with E-state index in [1.165, 1.54) is 24.1 Å². The minimum atomic E-state index is -0.580. The van der Waals surface area contributed by atoms with Gasteiger partial charge >= 0.3 is 12.1 Å². The molecule has 10 heteroatoms. The lowest BCUT2D eigenvalue weighted by Crippen LogP contribution is -2.24. The molecule has 132 valence electrons. The van der Waals surface area contributed by atoms with E-state index in [0.717, 1.165) is 0 Å². The zero-order valence-electron chi connectivity index (χ0n) is 13.7. The summed E-state index contributed by atoms with van der Waals surface area (Å²) in [6.07, 6.45) is 0.0310. The molecule has 2 heterocycles. The number of hydrogen-bond acceptors (Lipinski definition) is 8. The molecule has 1 aliphatic rings. The van der Waals surface area contributed by atoms with Crippen LogP contribution in [0.3, 0.4) is 0 Å². The van der Waals surface area contributed by atoms with Crippen molar-refractivity contribution in [1.82, 2.24) is 15.0 Å². The SMILES string of the molecule is CC[C@H]1CN(c2ccc(Nc3nc(N)nc(OC)n3)c(F)c2)C(=O)O1. The highest BCUT2D eigenvalue weighted by Gasteiger charge is 2.31. The Hall–Kier alpha value is -3.17. The van der Waals surface area contributed by atoms with Crippen LogP contribution < -0.4 is 20.7 Å². The van der Waals surface area contributed by atoms with E-state index in [9.17, 15) is 9.18 Å². The summed E-state index contributed by atoms with van der Waals surface area (Å²) in [7, 11) is 1.38. The number of carbonyl (C=O) groups is 1. The summed E-state index contributed by atoms with van der Waals surface area (Å²) < 4.78 is 24.5. The number of rotatable bonds is 5. The van der Waals surface area contributed by atoms with Crippen LogP contribution in [0.4, 0.5) is 32.5 Å². The van der Waals surface area contributed by atoms with Gasteiger partial charge in [-0.3, -0.25) is 4.90 Å². The monoisotopic (exact) mass is 348 g/mol. The molecular weight excluding hydrogens is 331 g/mol. The molecule has 0 saturated carbocycles. The highest BCUT2D eigenvalue weighted by atomic mass is 19.1. The Bertz CT molecular complexity index is 803. The molecule has 1 aromatic heterocycles. The number of nitrogens with two attached hydrogens (primary N) is 1. The first-order chi connectivity index (χ1) is 12.0. The second kappa shape index (κ2) is 6.75. The van der Waals surface area contributed by atoms with Gasteiger partial charge < -0.3 is 20.5 Å². The highest BCUT2D eigenvalue weighted by Crippen LogP contribution is 2.27. The molecule has 1 fully saturated rings. The van der Waals surface area contributed by atoms with Crippen molar-refractivity contribution in [2.24, 2.45) is 0 Å². The van der Waals surface area contributed by atoms with Gasteiger partial charge in [-0.05, 0) is 24.6 Å². The number of methoxy groups -OCH3 is 1. The Morgan fingerprint density at radius 1 is 1.44 bits per heavy atom. The number of cyclic esters (lactones) is 1. The van der Waals surface area contributed by atoms with Gasteiger partial charge in [0.2, 0.25) is 11.9 Å². The fraction of sp³-hybridized carbons (Fsp3) is 0.333. The lowest BCUT2D eigenvalue weighted by Gasteiger charge is -2.14. The third kappa shape index (κ3) is 3.52. The Balaban J connectivity index is 1.81. The Kier molecular flexibility index (Phi) is 4.50. The Morgan fingerprint density at radius 3 is 2.88 bits per heavy atom. The van der Waals surface area contributed by atoms with Crippen LogP contribution in [0.2, 0.25) is 0 Å². The summed E-state index contributed by atoms with van der Waals surface area (Å²) in [5, 5.41) is 2.70. The van der Waals surface area contributed by atoms with Crippen molar-refractivity contribution in [3.8, 4) is 6.01 Å². The number of ether oxygens (including phenoxy) is 2. The molecular formula is C15H17FN6O3. The fourth-order valence-corrected chi connectivity index (χ4v) is 2.36. The molecule has 0 unspecified atom stereocenters. The number of carbonyl (C=O) groups excluding carboxylic acids is 1. The van der Waals surface area contributed by atoms with Gasteiger partial charge in [0.05, 0.1) is 25.0 Å². The van der Waals surface area contributed by atoms with Crippen LogP contribution in [0.5, 0.6) is 6.01 Å². The molecule has 0 radical (unpaired) electrons. The van der Waals surface area contributed by atoms with Crippen LogP contribution in [0.25, 0.3) is 0 Å². The maximum atomic E-state index is 14.4. The summed E-state index contributed by atoms with van der Waals surface area (Å²) >= 11 is 0. The van der Waals surface area contributed by atoms with Gasteiger partial charge in [0, 0.05) is 0 Å². The second-order valence-corrected chi connectivity index (χ2v) is 5.32. The maximum Gasteiger partial charge on any atom is 0.414 e. The third-order valence-electron chi connectivity index (χ3n) is 3.66. The summed E-state index contributed by atoms with van der Waals surface area (Å²) in [6.45, 7) is 2.31. The minimum absolute atomic E-state index is 0.0115. The number of hydrogen-bond donors (Lipinski definition) is 2. The molecule has 1 aromatic carbocycles. The average Bonchev–Trinajstić information content (AvgIpc) is 2.97. The van der Waals surface area contributed by atoms with Crippen LogP contribution in [0, 0.1) is 5.82 Å². The van der Waals surface area contributed by atoms with Gasteiger partial charge in [-0.25, -0.2) is 9.18 Å². The predicted octanol–water partition coefficient (Wildman–Crippen LogP) is 2.08. The number of nitrogens with one attached hydrogen (secondary N) is 1. The summed E-state index contributed by atoms with van der Waals surface area (Å²) in [4.78, 5) is 24.8. The summed E-state index contributed by atoms with van der Waals surface area (Å²) in [5.41, 5.74) is 6.08. The van der Waals surface area contributed by atoms with Crippen LogP contribution in [0.1, 0.15) is 13.3 Å². The maximum absolute atomic E-state index is 14.4. The molecule has 0 aliphatic carbocycles. The quantitative estimate of drug-likeness (QED) is 0.844. The average molecular weight is 348 g/mol. The molecule has 1 atom stereocenters. The lowest BCUT2D eigenvalue weighted by atomic mass is 10.2. The summed E-state index contributed by atoms with van der Waals surface area (Å²) in [5.74, 6) is -0.595. The first kappa shape index (κ1) is 16.7. The van der Waals surface area contributed by atoms with Crippen molar-refractivity contribution in [1.29, 1.82) is 0 Å².